The third-order valence-corrected chi connectivity index (χ3v) is 9.34. The molecule has 0 radical (unpaired) electrons. The number of hydrogen-bond donors (Lipinski definition) is 2. The number of carbonyl (C=O) groups is 3. The first-order valence-electron chi connectivity index (χ1n) is 13.7. The number of rotatable bonds is 10. The molecule has 2 N–H and O–H groups in total. The Morgan fingerprint density at radius 1 is 1.12 bits per heavy atom. The molecular formula is C28H32FN5O4S2. The van der Waals surface area contributed by atoms with E-state index in [1.54, 1.807) is 13.0 Å². The predicted molar refractivity (Wildman–Crippen MR) is 151 cm³/mol. The summed E-state index contributed by atoms with van der Waals surface area (Å²) in [5, 5.41) is 15.5. The zero-order chi connectivity index (χ0) is 28.1. The van der Waals surface area contributed by atoms with E-state index in [1.165, 1.54) is 41.3 Å². The first kappa shape index (κ1) is 28.3. The van der Waals surface area contributed by atoms with Gasteiger partial charge in [-0.05, 0) is 56.7 Å². The number of halogens is 1. The van der Waals surface area contributed by atoms with Crippen molar-refractivity contribution in [3.8, 4) is 0 Å². The number of aryl methyl sites for hydroxylation is 1. The van der Waals surface area contributed by atoms with Crippen LogP contribution in [0.15, 0.2) is 29.4 Å². The molecule has 1 fully saturated rings. The summed E-state index contributed by atoms with van der Waals surface area (Å²) in [6.07, 6.45) is 7.94. The van der Waals surface area contributed by atoms with Gasteiger partial charge in [0.2, 0.25) is 5.91 Å². The molecule has 2 aromatic heterocycles. The number of thioether (sulfide) groups is 1. The van der Waals surface area contributed by atoms with E-state index in [1.807, 2.05) is 4.57 Å². The van der Waals surface area contributed by atoms with Crippen LogP contribution in [-0.2, 0) is 28.9 Å². The number of esters is 1. The van der Waals surface area contributed by atoms with Gasteiger partial charge in [-0.3, -0.25) is 9.59 Å². The molecule has 0 saturated heterocycles. The molecule has 2 amide bonds. The number of nitrogens with zero attached hydrogens (tertiary/aromatic N) is 3. The topological polar surface area (TPSA) is 115 Å². The summed E-state index contributed by atoms with van der Waals surface area (Å²) >= 11 is 2.72. The fourth-order valence-electron chi connectivity index (χ4n) is 5.34. The third-order valence-electron chi connectivity index (χ3n) is 7.19. The van der Waals surface area contributed by atoms with Crippen LogP contribution in [0.2, 0.25) is 0 Å². The molecule has 0 unspecified atom stereocenters. The van der Waals surface area contributed by atoms with Gasteiger partial charge in [-0.15, -0.1) is 21.5 Å². The van der Waals surface area contributed by atoms with Crippen molar-refractivity contribution in [1.29, 1.82) is 0 Å². The van der Waals surface area contributed by atoms with Crippen molar-refractivity contribution < 1.29 is 23.5 Å². The lowest BCUT2D eigenvalue weighted by Crippen LogP contribution is -2.27. The highest BCUT2D eigenvalue weighted by Gasteiger charge is 2.29. The number of fused-ring (bicyclic) bond motifs is 1. The number of hydrogen-bond acceptors (Lipinski definition) is 8. The lowest BCUT2D eigenvalue weighted by atomic mass is 9.95. The van der Waals surface area contributed by atoms with Crippen molar-refractivity contribution in [3.05, 3.63) is 57.5 Å². The van der Waals surface area contributed by atoms with Gasteiger partial charge in [-0.2, -0.15) is 0 Å². The van der Waals surface area contributed by atoms with Crippen molar-refractivity contribution in [3.63, 3.8) is 0 Å². The van der Waals surface area contributed by atoms with E-state index in [0.29, 0.717) is 21.5 Å². The Bertz CT molecular complexity index is 1400. The Balaban J connectivity index is 1.28. The van der Waals surface area contributed by atoms with Gasteiger partial charge in [-0.1, -0.05) is 43.2 Å². The van der Waals surface area contributed by atoms with Gasteiger partial charge in [0.05, 0.1) is 30.0 Å². The molecule has 12 heteroatoms. The Kier molecular flexibility index (Phi) is 9.15. The van der Waals surface area contributed by atoms with Crippen molar-refractivity contribution in [2.75, 3.05) is 17.7 Å². The Hall–Kier alpha value is -3.25. The molecule has 5 rings (SSSR count). The fourth-order valence-corrected chi connectivity index (χ4v) is 7.45. The van der Waals surface area contributed by atoms with Crippen LogP contribution in [0.5, 0.6) is 0 Å². The van der Waals surface area contributed by atoms with Crippen LogP contribution in [0.25, 0.3) is 0 Å². The molecule has 0 aliphatic heterocycles. The summed E-state index contributed by atoms with van der Waals surface area (Å²) in [6, 6.07) is 5.99. The van der Waals surface area contributed by atoms with Gasteiger partial charge in [0.15, 0.2) is 11.0 Å². The second-order valence-electron chi connectivity index (χ2n) is 9.84. The summed E-state index contributed by atoms with van der Waals surface area (Å²) < 4.78 is 21.3. The molecule has 40 heavy (non-hydrogen) atoms. The average Bonchev–Trinajstić information content (AvgIpc) is 3.66. The lowest BCUT2D eigenvalue weighted by molar-refractivity contribution is -0.113. The van der Waals surface area contributed by atoms with Crippen LogP contribution in [0, 0.1) is 5.82 Å². The summed E-state index contributed by atoms with van der Waals surface area (Å²) in [5.41, 5.74) is 1.45. The van der Waals surface area contributed by atoms with Gasteiger partial charge in [0.1, 0.15) is 10.8 Å². The van der Waals surface area contributed by atoms with Crippen LogP contribution in [0.3, 0.4) is 0 Å². The quantitative estimate of drug-likeness (QED) is 0.245. The lowest BCUT2D eigenvalue weighted by Gasteiger charge is -2.25. The summed E-state index contributed by atoms with van der Waals surface area (Å²) in [4.78, 5) is 39.4. The maximum atomic E-state index is 14.1. The number of amides is 2. The molecular weight excluding hydrogens is 553 g/mol. The van der Waals surface area contributed by atoms with E-state index in [9.17, 15) is 18.8 Å². The Labute approximate surface area is 240 Å². The van der Waals surface area contributed by atoms with E-state index >= 15 is 0 Å². The van der Waals surface area contributed by atoms with Gasteiger partial charge in [0.25, 0.3) is 5.91 Å². The van der Waals surface area contributed by atoms with Gasteiger partial charge >= 0.3 is 5.97 Å². The van der Waals surface area contributed by atoms with Crippen molar-refractivity contribution in [1.82, 2.24) is 20.1 Å². The normalized spacial score (nSPS) is 15.1. The molecule has 0 spiro atoms. The molecule has 1 aromatic carbocycles. The van der Waals surface area contributed by atoms with Crippen LogP contribution in [-0.4, -0.2) is 44.9 Å². The largest absolute Gasteiger partial charge is 0.462 e. The van der Waals surface area contributed by atoms with Gasteiger partial charge in [-0.25, -0.2) is 9.18 Å². The standard InChI is InChI=1S/C28H32FN5O4S2/c1-2-38-27(37)24-19-12-8-14-21(19)40-26(24)31-23(35)16-39-28-33-32-22(34(28)17-9-4-3-5-10-17)15-30-25(36)18-11-6-7-13-20(18)29/h6-7,11,13,17H,2-5,8-10,12,14-16H2,1H3,(H,30,36)(H,31,35). The smallest absolute Gasteiger partial charge is 0.341 e. The van der Waals surface area contributed by atoms with E-state index < -0.39 is 17.7 Å². The van der Waals surface area contributed by atoms with Crippen molar-refractivity contribution in [2.45, 2.75) is 76.0 Å². The number of aromatic nitrogens is 3. The van der Waals surface area contributed by atoms with Gasteiger partial charge in [0, 0.05) is 10.9 Å². The number of thiophene rings is 1. The molecule has 0 atom stereocenters. The average molecular weight is 586 g/mol. The SMILES string of the molecule is CCOC(=O)c1c(NC(=O)CSc2nnc(CNC(=O)c3ccccc3F)n2C2CCCCC2)sc2c1CCC2. The maximum absolute atomic E-state index is 14.1. The second-order valence-corrected chi connectivity index (χ2v) is 11.9. The van der Waals surface area contributed by atoms with Crippen molar-refractivity contribution in [2.24, 2.45) is 0 Å². The highest BCUT2D eigenvalue weighted by atomic mass is 32.2. The first-order chi connectivity index (χ1) is 19.5. The van der Waals surface area contributed by atoms with Crippen LogP contribution < -0.4 is 10.6 Å². The monoisotopic (exact) mass is 585 g/mol. The van der Waals surface area contributed by atoms with Crippen LogP contribution in [0.1, 0.15) is 88.5 Å². The zero-order valence-corrected chi connectivity index (χ0v) is 24.0. The third kappa shape index (κ3) is 6.22. The van der Waals surface area contributed by atoms with Gasteiger partial charge < -0.3 is 19.9 Å². The highest BCUT2D eigenvalue weighted by Crippen LogP contribution is 2.40. The van der Waals surface area contributed by atoms with E-state index in [0.717, 1.165) is 61.8 Å². The molecule has 0 bridgehead atoms. The molecule has 9 nitrogen and oxygen atoms in total. The van der Waals surface area contributed by atoms with E-state index in [4.69, 9.17) is 4.74 Å². The molecule has 212 valence electrons. The van der Waals surface area contributed by atoms with E-state index in [2.05, 4.69) is 20.8 Å². The minimum atomic E-state index is -0.585. The number of anilines is 1. The minimum absolute atomic E-state index is 0.0285. The first-order valence-corrected chi connectivity index (χ1v) is 15.5. The second kappa shape index (κ2) is 12.9. The maximum Gasteiger partial charge on any atom is 0.341 e. The highest BCUT2D eigenvalue weighted by molar-refractivity contribution is 7.99. The Morgan fingerprint density at radius 2 is 1.93 bits per heavy atom. The number of nitrogens with one attached hydrogen (secondary N) is 2. The molecule has 1 saturated carbocycles. The van der Waals surface area contributed by atoms with Crippen LogP contribution >= 0.6 is 23.1 Å². The predicted octanol–water partition coefficient (Wildman–Crippen LogP) is 5.31. The van der Waals surface area contributed by atoms with E-state index in [-0.39, 0.29) is 36.4 Å². The number of ether oxygens (including phenoxy) is 1. The van der Waals surface area contributed by atoms with Crippen LogP contribution in [0.4, 0.5) is 9.39 Å². The summed E-state index contributed by atoms with van der Waals surface area (Å²) in [6.45, 7) is 2.13. The zero-order valence-electron chi connectivity index (χ0n) is 22.3. The molecule has 2 aliphatic carbocycles. The number of carbonyl (C=O) groups excluding carboxylic acids is 3. The minimum Gasteiger partial charge on any atom is -0.462 e. The Morgan fingerprint density at radius 3 is 2.70 bits per heavy atom. The summed E-state index contributed by atoms with van der Waals surface area (Å²) in [5.74, 6) is -1.11. The fraction of sp³-hybridized carbons (Fsp3) is 0.464. The molecule has 2 heterocycles. The molecule has 2 aliphatic rings. The number of benzene rings is 1. The summed E-state index contributed by atoms with van der Waals surface area (Å²) in [7, 11) is 0. The van der Waals surface area contributed by atoms with Crippen molar-refractivity contribution >= 4 is 45.9 Å². The molecule has 3 aromatic rings.